The van der Waals surface area contributed by atoms with Gasteiger partial charge in [0.25, 0.3) is 5.91 Å². The number of amides is 2. The quantitative estimate of drug-likeness (QED) is 0.310. The summed E-state index contributed by atoms with van der Waals surface area (Å²) in [6.07, 6.45) is 9.53. The molecule has 2 fully saturated rings. The monoisotopic (exact) mass is 521 g/mol. The molecule has 2 amide bonds. The first-order valence-electron chi connectivity index (χ1n) is 13.2. The van der Waals surface area contributed by atoms with Gasteiger partial charge < -0.3 is 24.4 Å². The molecule has 0 bridgehead atoms. The first-order chi connectivity index (χ1) is 18.5. The maximum Gasteiger partial charge on any atom is 0.313 e. The molecule has 5 heterocycles. The van der Waals surface area contributed by atoms with E-state index in [1.165, 1.54) is 0 Å². The van der Waals surface area contributed by atoms with Crippen molar-refractivity contribution in [3.05, 3.63) is 48.6 Å². The van der Waals surface area contributed by atoms with Crippen molar-refractivity contribution >= 4 is 28.8 Å². The Bertz CT molecular complexity index is 1310. The maximum atomic E-state index is 14.3. The average molecular weight is 522 g/mol. The minimum absolute atomic E-state index is 0.123. The van der Waals surface area contributed by atoms with Crippen LogP contribution in [0.5, 0.6) is 0 Å². The normalized spacial score (nSPS) is 30.3. The van der Waals surface area contributed by atoms with Crippen molar-refractivity contribution in [2.75, 3.05) is 26.3 Å². The van der Waals surface area contributed by atoms with Crippen LogP contribution in [0.4, 0.5) is 0 Å². The largest absolute Gasteiger partial charge is 0.461 e. The van der Waals surface area contributed by atoms with Gasteiger partial charge in [0.15, 0.2) is 0 Å². The summed E-state index contributed by atoms with van der Waals surface area (Å²) in [5.74, 6) is -2.66. The molecule has 0 aliphatic carbocycles. The molecule has 1 aromatic heterocycles. The number of cyclic esters (lactones) is 1. The highest BCUT2D eigenvalue weighted by Gasteiger charge is 2.71. The second-order valence-corrected chi connectivity index (χ2v) is 10.3. The van der Waals surface area contributed by atoms with Gasteiger partial charge in [0.05, 0.1) is 17.5 Å². The van der Waals surface area contributed by atoms with Crippen LogP contribution in [0.15, 0.2) is 48.6 Å². The van der Waals surface area contributed by atoms with Gasteiger partial charge in [-0.25, -0.2) is 4.68 Å². The van der Waals surface area contributed by atoms with E-state index in [1.54, 1.807) is 26.6 Å². The fraction of sp³-hybridized carbons (Fsp3) is 0.519. The molecular formula is C27H31N5O6. The average Bonchev–Trinajstić information content (AvgIpc) is 3.46. The summed E-state index contributed by atoms with van der Waals surface area (Å²) < 4.78 is 13.6. The van der Waals surface area contributed by atoms with E-state index in [0.717, 1.165) is 23.9 Å². The van der Waals surface area contributed by atoms with Gasteiger partial charge in [-0.05, 0) is 31.1 Å². The molecule has 2 saturated heterocycles. The number of para-hydroxylation sites is 1. The second-order valence-electron chi connectivity index (χ2n) is 10.3. The van der Waals surface area contributed by atoms with E-state index < -0.39 is 35.6 Å². The molecule has 11 heteroatoms. The molecule has 1 spiro atoms. The van der Waals surface area contributed by atoms with E-state index in [0.29, 0.717) is 25.9 Å². The van der Waals surface area contributed by atoms with Gasteiger partial charge in [0.1, 0.15) is 36.4 Å². The number of aromatic nitrogens is 3. The SMILES string of the molecule is O=C1OCC=C[C@@H]2O[C@]34C=CCN(Cn5nnc6ccccc65)C(=O)C3N(CCCCCCO)C(=O)[C@@H]4[C@H]12. The Morgan fingerprint density at radius 1 is 1.05 bits per heavy atom. The predicted octanol–water partition coefficient (Wildman–Crippen LogP) is 1.03. The van der Waals surface area contributed by atoms with Crippen LogP contribution < -0.4 is 0 Å². The molecule has 38 heavy (non-hydrogen) atoms. The summed E-state index contributed by atoms with van der Waals surface area (Å²) in [5.41, 5.74) is 0.262. The van der Waals surface area contributed by atoms with Crippen molar-refractivity contribution in [2.45, 2.75) is 50.1 Å². The van der Waals surface area contributed by atoms with Gasteiger partial charge in [-0.3, -0.25) is 14.4 Å². The predicted molar refractivity (Wildman–Crippen MR) is 134 cm³/mol. The topological polar surface area (TPSA) is 127 Å². The molecule has 4 aliphatic rings. The van der Waals surface area contributed by atoms with Crippen molar-refractivity contribution in [3.63, 3.8) is 0 Å². The van der Waals surface area contributed by atoms with Crippen molar-refractivity contribution in [1.82, 2.24) is 24.8 Å². The lowest BCUT2D eigenvalue weighted by Gasteiger charge is -2.35. The fourth-order valence-electron chi connectivity index (χ4n) is 6.31. The number of esters is 1. The lowest BCUT2D eigenvalue weighted by molar-refractivity contribution is -0.153. The van der Waals surface area contributed by atoms with Crippen molar-refractivity contribution in [1.29, 1.82) is 0 Å². The summed E-state index contributed by atoms with van der Waals surface area (Å²) in [6.45, 7) is 1.08. The smallest absolute Gasteiger partial charge is 0.313 e. The van der Waals surface area contributed by atoms with E-state index in [4.69, 9.17) is 14.6 Å². The van der Waals surface area contributed by atoms with E-state index in [2.05, 4.69) is 10.3 Å². The van der Waals surface area contributed by atoms with Crippen LogP contribution in [0, 0.1) is 11.8 Å². The highest BCUT2D eigenvalue weighted by molar-refractivity contribution is 5.99. The van der Waals surface area contributed by atoms with Gasteiger partial charge in [-0.2, -0.15) is 0 Å². The third-order valence-corrected chi connectivity index (χ3v) is 8.03. The molecule has 11 nitrogen and oxygen atoms in total. The van der Waals surface area contributed by atoms with Crippen LogP contribution in [-0.4, -0.2) is 91.7 Å². The lowest BCUT2D eigenvalue weighted by atomic mass is 9.78. The molecule has 0 saturated carbocycles. The van der Waals surface area contributed by atoms with Crippen molar-refractivity contribution < 1.29 is 29.0 Å². The first kappa shape index (κ1) is 24.7. The third-order valence-electron chi connectivity index (χ3n) is 8.03. The number of aliphatic hydroxyl groups excluding tert-OH is 1. The number of hydrogen-bond acceptors (Lipinski definition) is 8. The summed E-state index contributed by atoms with van der Waals surface area (Å²) in [5, 5.41) is 17.5. The minimum atomic E-state index is -1.27. The molecule has 1 aromatic carbocycles. The van der Waals surface area contributed by atoms with Gasteiger partial charge in [-0.15, -0.1) is 5.10 Å². The third kappa shape index (κ3) is 3.92. The van der Waals surface area contributed by atoms with E-state index in [9.17, 15) is 14.4 Å². The van der Waals surface area contributed by atoms with E-state index in [1.807, 2.05) is 36.4 Å². The minimum Gasteiger partial charge on any atom is -0.461 e. The number of nitrogens with zero attached hydrogens (tertiary/aromatic N) is 5. The highest BCUT2D eigenvalue weighted by atomic mass is 16.6. The molecule has 1 N–H and O–H groups in total. The Labute approximate surface area is 219 Å². The fourth-order valence-corrected chi connectivity index (χ4v) is 6.31. The standard InChI is InChI=1S/C27H31N5O6/c33-15-6-2-1-5-14-31-23-25(35)30(17-32-19-10-4-3-9-18(19)28-29-32)13-8-12-27(23)22(24(31)34)21-20(38-27)11-7-16-37-26(21)36/h3-4,7-12,20-23,33H,1-2,5-6,13-17H2/t20-,21+,22-,23?,27-/m0/s1. The van der Waals surface area contributed by atoms with Crippen LogP contribution in [0.2, 0.25) is 0 Å². The van der Waals surface area contributed by atoms with Crippen LogP contribution >= 0.6 is 0 Å². The lowest BCUT2D eigenvalue weighted by Crippen LogP contribution is -2.55. The second kappa shape index (κ2) is 9.95. The molecule has 2 aromatic rings. The van der Waals surface area contributed by atoms with Crippen molar-refractivity contribution in [3.8, 4) is 0 Å². The molecule has 6 rings (SSSR count). The zero-order valence-corrected chi connectivity index (χ0v) is 21.0. The number of aliphatic hydroxyl groups is 1. The van der Waals surface area contributed by atoms with Gasteiger partial charge in [0, 0.05) is 19.7 Å². The molecule has 0 radical (unpaired) electrons. The number of rotatable bonds is 8. The Morgan fingerprint density at radius 3 is 2.76 bits per heavy atom. The van der Waals surface area contributed by atoms with Gasteiger partial charge >= 0.3 is 5.97 Å². The van der Waals surface area contributed by atoms with Crippen LogP contribution in [0.3, 0.4) is 0 Å². The summed E-state index contributed by atoms with van der Waals surface area (Å²) in [7, 11) is 0. The molecular weight excluding hydrogens is 490 g/mol. The molecule has 4 aliphatic heterocycles. The Morgan fingerprint density at radius 2 is 1.89 bits per heavy atom. The molecule has 200 valence electrons. The van der Waals surface area contributed by atoms with E-state index in [-0.39, 0.29) is 31.7 Å². The number of benzene rings is 1. The Balaban J connectivity index is 1.34. The summed E-state index contributed by atoms with van der Waals surface area (Å²) in [4.78, 5) is 44.5. The van der Waals surface area contributed by atoms with Crippen LogP contribution in [0.25, 0.3) is 11.0 Å². The van der Waals surface area contributed by atoms with Crippen LogP contribution in [0.1, 0.15) is 25.7 Å². The zero-order valence-electron chi connectivity index (χ0n) is 21.0. The number of unbranched alkanes of at least 4 members (excludes halogenated alkanes) is 3. The number of carbonyl (C=O) groups excluding carboxylic acids is 3. The summed E-state index contributed by atoms with van der Waals surface area (Å²) in [6, 6.07) is 6.61. The van der Waals surface area contributed by atoms with Crippen molar-refractivity contribution in [2.24, 2.45) is 11.8 Å². The number of hydrogen-bond donors (Lipinski definition) is 1. The number of ether oxygens (including phenoxy) is 2. The highest BCUT2D eigenvalue weighted by Crippen LogP contribution is 2.53. The van der Waals surface area contributed by atoms with Crippen LogP contribution in [-0.2, 0) is 30.5 Å². The molecule has 1 unspecified atom stereocenters. The Hall–Kier alpha value is -3.57. The first-order valence-corrected chi connectivity index (χ1v) is 13.2. The Kier molecular flexibility index (Phi) is 6.48. The zero-order chi connectivity index (χ0) is 26.3. The number of carbonyl (C=O) groups is 3. The number of likely N-dealkylation sites (tertiary alicyclic amines) is 1. The van der Waals surface area contributed by atoms with E-state index >= 15 is 0 Å². The van der Waals surface area contributed by atoms with Gasteiger partial charge in [-0.1, -0.05) is 48.4 Å². The number of fused-ring (bicyclic) bond motifs is 3. The maximum absolute atomic E-state index is 14.3. The van der Waals surface area contributed by atoms with Gasteiger partial charge in [0.2, 0.25) is 5.91 Å². The molecule has 5 atom stereocenters. The summed E-state index contributed by atoms with van der Waals surface area (Å²) >= 11 is 0.